The van der Waals surface area contributed by atoms with E-state index in [1.807, 2.05) is 0 Å². The molecule has 0 aliphatic carbocycles. The summed E-state index contributed by atoms with van der Waals surface area (Å²) in [6.45, 7) is 0. The van der Waals surface area contributed by atoms with Crippen LogP contribution in [0.15, 0.2) is 48.5 Å². The van der Waals surface area contributed by atoms with Crippen LogP contribution in [0.1, 0.15) is 24.8 Å². The molecule has 0 heterocycles. The molecule has 0 bridgehead atoms. The summed E-state index contributed by atoms with van der Waals surface area (Å²) in [7, 11) is 0. The van der Waals surface area contributed by atoms with Gasteiger partial charge in [0.05, 0.1) is 12.8 Å². The van der Waals surface area contributed by atoms with E-state index >= 15 is 0 Å². The molecule has 3 N–H and O–H groups in total. The minimum Gasteiger partial charge on any atom is -0.481 e. The summed E-state index contributed by atoms with van der Waals surface area (Å²) in [5.74, 6) is -3.00. The highest BCUT2D eigenvalue weighted by Gasteiger charge is 2.17. The van der Waals surface area contributed by atoms with E-state index in [0.29, 0.717) is 11.1 Å². The lowest BCUT2D eigenvalue weighted by molar-refractivity contribution is -0.140. The van der Waals surface area contributed by atoms with Gasteiger partial charge in [-0.05, 0) is 23.6 Å². The molecule has 2 aromatic carbocycles. The number of aliphatic carboxylic acids is 2. The first-order chi connectivity index (χ1) is 12.8. The minimum atomic E-state index is -1.09. The van der Waals surface area contributed by atoms with Gasteiger partial charge in [0.2, 0.25) is 5.91 Å². The van der Waals surface area contributed by atoms with Gasteiger partial charge >= 0.3 is 11.9 Å². The van der Waals surface area contributed by atoms with Crippen LogP contribution in [-0.2, 0) is 20.8 Å². The van der Waals surface area contributed by atoms with Crippen molar-refractivity contribution >= 4 is 17.8 Å². The van der Waals surface area contributed by atoms with Crippen LogP contribution in [0.25, 0.3) is 11.1 Å². The van der Waals surface area contributed by atoms with Crippen molar-refractivity contribution in [1.29, 1.82) is 0 Å². The van der Waals surface area contributed by atoms with Gasteiger partial charge in [-0.25, -0.2) is 4.39 Å². The van der Waals surface area contributed by atoms with E-state index in [1.165, 1.54) is 6.07 Å². The predicted molar refractivity (Wildman–Crippen MR) is 96.6 cm³/mol. The number of nitrogens with one attached hydrogen (secondary N) is 1. The highest BCUT2D eigenvalue weighted by atomic mass is 19.1. The van der Waals surface area contributed by atoms with Gasteiger partial charge in [0, 0.05) is 18.0 Å². The van der Waals surface area contributed by atoms with E-state index < -0.39 is 23.9 Å². The number of carbonyl (C=O) groups is 3. The maximum atomic E-state index is 13.8. The number of carbonyl (C=O) groups excluding carboxylic acids is 1. The number of hydrogen-bond acceptors (Lipinski definition) is 3. The van der Waals surface area contributed by atoms with Crippen molar-refractivity contribution in [3.05, 3.63) is 59.9 Å². The normalized spacial score (nSPS) is 11.6. The number of rotatable bonds is 9. The molecule has 7 heteroatoms. The molecule has 0 saturated carbocycles. The van der Waals surface area contributed by atoms with E-state index in [4.69, 9.17) is 10.2 Å². The Morgan fingerprint density at radius 1 is 0.926 bits per heavy atom. The molecule has 0 aliphatic rings. The Morgan fingerprint density at radius 3 is 2.19 bits per heavy atom. The topological polar surface area (TPSA) is 104 Å². The van der Waals surface area contributed by atoms with E-state index in [9.17, 15) is 18.8 Å². The summed E-state index contributed by atoms with van der Waals surface area (Å²) >= 11 is 0. The summed E-state index contributed by atoms with van der Waals surface area (Å²) in [5.41, 5.74) is 1.94. The Morgan fingerprint density at radius 2 is 1.59 bits per heavy atom. The highest BCUT2D eigenvalue weighted by molar-refractivity contribution is 5.81. The lowest BCUT2D eigenvalue weighted by atomic mass is 9.99. The molecule has 142 valence electrons. The molecule has 6 nitrogen and oxygen atoms in total. The van der Waals surface area contributed by atoms with Gasteiger partial charge in [-0.1, -0.05) is 42.5 Å². The maximum absolute atomic E-state index is 13.8. The average Bonchev–Trinajstić information content (AvgIpc) is 2.60. The number of benzene rings is 2. The minimum absolute atomic E-state index is 0.211. The second-order valence-electron chi connectivity index (χ2n) is 6.14. The van der Waals surface area contributed by atoms with Gasteiger partial charge in [0.15, 0.2) is 0 Å². The third kappa shape index (κ3) is 6.54. The largest absolute Gasteiger partial charge is 0.481 e. The molecule has 0 saturated heterocycles. The molecule has 1 unspecified atom stereocenters. The van der Waals surface area contributed by atoms with Crippen molar-refractivity contribution in [1.82, 2.24) is 5.32 Å². The Bertz CT molecular complexity index is 819. The van der Waals surface area contributed by atoms with Crippen LogP contribution in [0.4, 0.5) is 4.39 Å². The molecule has 2 rings (SSSR count). The Hall–Kier alpha value is -3.22. The fourth-order valence-electron chi connectivity index (χ4n) is 2.71. The van der Waals surface area contributed by atoms with Gasteiger partial charge in [-0.2, -0.15) is 0 Å². The lowest BCUT2D eigenvalue weighted by Crippen LogP contribution is -2.38. The summed E-state index contributed by atoms with van der Waals surface area (Å²) in [4.78, 5) is 33.4. The smallest absolute Gasteiger partial charge is 0.305 e. The summed E-state index contributed by atoms with van der Waals surface area (Å²) in [6, 6.07) is 12.7. The molecule has 0 aliphatic heterocycles. The first kappa shape index (κ1) is 20.1. The number of carboxylic acid groups (broad SMARTS) is 2. The summed E-state index contributed by atoms with van der Waals surface area (Å²) in [6.07, 6.45) is -0.544. The van der Waals surface area contributed by atoms with Gasteiger partial charge in [-0.3, -0.25) is 14.4 Å². The molecule has 1 atom stereocenters. The summed E-state index contributed by atoms with van der Waals surface area (Å²) in [5, 5.41) is 20.2. The van der Waals surface area contributed by atoms with Crippen molar-refractivity contribution in [2.45, 2.75) is 31.7 Å². The highest BCUT2D eigenvalue weighted by Crippen LogP contribution is 2.23. The van der Waals surface area contributed by atoms with E-state index in [2.05, 4.69) is 5.32 Å². The molecule has 0 aromatic heterocycles. The van der Waals surface area contributed by atoms with Crippen LogP contribution in [0, 0.1) is 5.82 Å². The second kappa shape index (κ2) is 9.47. The lowest BCUT2D eigenvalue weighted by Gasteiger charge is -2.17. The van der Waals surface area contributed by atoms with Gasteiger partial charge < -0.3 is 15.5 Å². The third-order valence-corrected chi connectivity index (χ3v) is 3.97. The number of halogens is 1. The van der Waals surface area contributed by atoms with Gasteiger partial charge in [-0.15, -0.1) is 0 Å². The molecule has 0 fully saturated rings. The van der Waals surface area contributed by atoms with Gasteiger partial charge in [0.25, 0.3) is 0 Å². The van der Waals surface area contributed by atoms with Crippen molar-refractivity contribution in [3.63, 3.8) is 0 Å². The standard InChI is InChI=1S/C20H20FNO5/c21-17-4-2-1-3-16(17)14-7-5-13(6-8-14)11-15(12-20(26)27)22-18(23)9-10-19(24)25/h1-8,15H,9-12H2,(H,22,23)(H,24,25)(H,26,27). The van der Waals surface area contributed by atoms with E-state index in [-0.39, 0.29) is 31.5 Å². The average molecular weight is 373 g/mol. The van der Waals surface area contributed by atoms with E-state index in [0.717, 1.165) is 5.56 Å². The second-order valence-corrected chi connectivity index (χ2v) is 6.14. The monoisotopic (exact) mass is 373 g/mol. The van der Waals surface area contributed by atoms with Gasteiger partial charge in [0.1, 0.15) is 5.82 Å². The van der Waals surface area contributed by atoms with Crippen LogP contribution in [0.2, 0.25) is 0 Å². The summed E-state index contributed by atoms with van der Waals surface area (Å²) < 4.78 is 13.8. The Kier molecular flexibility index (Phi) is 7.05. The number of carboxylic acids is 2. The van der Waals surface area contributed by atoms with Crippen molar-refractivity contribution in [2.75, 3.05) is 0 Å². The van der Waals surface area contributed by atoms with Crippen LogP contribution < -0.4 is 5.32 Å². The zero-order chi connectivity index (χ0) is 19.8. The van der Waals surface area contributed by atoms with Crippen LogP contribution in [0.5, 0.6) is 0 Å². The van der Waals surface area contributed by atoms with Crippen molar-refractivity contribution < 1.29 is 29.0 Å². The molecule has 0 spiro atoms. The molecule has 27 heavy (non-hydrogen) atoms. The predicted octanol–water partition coefficient (Wildman–Crippen LogP) is 2.86. The Balaban J connectivity index is 2.06. The van der Waals surface area contributed by atoms with Crippen LogP contribution >= 0.6 is 0 Å². The number of amides is 1. The first-order valence-corrected chi connectivity index (χ1v) is 8.42. The van der Waals surface area contributed by atoms with Crippen LogP contribution in [0.3, 0.4) is 0 Å². The zero-order valence-corrected chi connectivity index (χ0v) is 14.5. The molecular formula is C20H20FNO5. The molecule has 1 amide bonds. The first-order valence-electron chi connectivity index (χ1n) is 8.42. The molecular weight excluding hydrogens is 353 g/mol. The fourth-order valence-corrected chi connectivity index (χ4v) is 2.71. The SMILES string of the molecule is O=C(O)CCC(=O)NC(CC(=O)O)Cc1ccc(-c2ccccc2F)cc1. The number of hydrogen-bond donors (Lipinski definition) is 3. The maximum Gasteiger partial charge on any atom is 0.305 e. The van der Waals surface area contributed by atoms with Crippen LogP contribution in [-0.4, -0.2) is 34.1 Å². The zero-order valence-electron chi connectivity index (χ0n) is 14.5. The third-order valence-electron chi connectivity index (χ3n) is 3.97. The Labute approximate surface area is 155 Å². The van der Waals surface area contributed by atoms with Crippen molar-refractivity contribution in [3.8, 4) is 11.1 Å². The van der Waals surface area contributed by atoms with Crippen molar-refractivity contribution in [2.24, 2.45) is 0 Å². The van der Waals surface area contributed by atoms with E-state index in [1.54, 1.807) is 42.5 Å². The quantitative estimate of drug-likeness (QED) is 0.627. The molecule has 0 radical (unpaired) electrons. The molecule has 2 aromatic rings. The fraction of sp³-hybridized carbons (Fsp3) is 0.250.